The van der Waals surface area contributed by atoms with Crippen LogP contribution in [0.1, 0.15) is 26.2 Å². The Morgan fingerprint density at radius 2 is 2.24 bits per heavy atom. The Balaban J connectivity index is 2.42. The van der Waals surface area contributed by atoms with Crippen LogP contribution >= 0.6 is 0 Å². The number of carbonyl (C=O) groups is 3. The summed E-state index contributed by atoms with van der Waals surface area (Å²) in [5.74, 6) is -1.92. The number of rotatable bonds is 4. The van der Waals surface area contributed by atoms with Crippen LogP contribution in [0.5, 0.6) is 0 Å². The van der Waals surface area contributed by atoms with E-state index in [1.165, 1.54) is 6.08 Å². The Kier molecular flexibility index (Phi) is 6.09. The predicted octanol–water partition coefficient (Wildman–Crippen LogP) is 1.80. The van der Waals surface area contributed by atoms with E-state index in [9.17, 15) is 14.4 Å². The van der Waals surface area contributed by atoms with Crippen molar-refractivity contribution in [2.75, 3.05) is 6.61 Å². The zero-order valence-corrected chi connectivity index (χ0v) is 14.2. The van der Waals surface area contributed by atoms with Gasteiger partial charge in [0.1, 0.15) is 18.5 Å². The predicted molar refractivity (Wildman–Crippen MR) is 90.4 cm³/mol. The minimum atomic E-state index is -0.897. The lowest BCUT2D eigenvalue weighted by atomic mass is 9.85. The Morgan fingerprint density at radius 3 is 2.88 bits per heavy atom. The minimum absolute atomic E-state index is 0.110. The van der Waals surface area contributed by atoms with Crippen LogP contribution in [0.3, 0.4) is 0 Å². The number of aliphatic hydroxyl groups excluding tert-OH is 1. The average Bonchev–Trinajstić information content (AvgIpc) is 2.85. The number of fused-ring (bicyclic) bond motifs is 1. The van der Waals surface area contributed by atoms with Crippen LogP contribution in [0.25, 0.3) is 0 Å². The van der Waals surface area contributed by atoms with Crippen molar-refractivity contribution in [3.05, 3.63) is 47.6 Å². The summed E-state index contributed by atoms with van der Waals surface area (Å²) < 4.78 is 10.8. The van der Waals surface area contributed by atoms with Gasteiger partial charge >= 0.3 is 11.9 Å². The van der Waals surface area contributed by atoms with E-state index < -0.39 is 36.7 Å². The fourth-order valence-corrected chi connectivity index (χ4v) is 2.99. The highest BCUT2D eigenvalue weighted by Crippen LogP contribution is 2.36. The van der Waals surface area contributed by atoms with Gasteiger partial charge in [-0.25, -0.2) is 9.59 Å². The van der Waals surface area contributed by atoms with E-state index in [0.717, 1.165) is 5.57 Å². The lowest BCUT2D eigenvalue weighted by Crippen LogP contribution is -2.33. The molecule has 0 saturated carbocycles. The molecule has 2 aliphatic rings. The van der Waals surface area contributed by atoms with Crippen LogP contribution in [-0.2, 0) is 23.9 Å². The maximum absolute atomic E-state index is 12.1. The summed E-state index contributed by atoms with van der Waals surface area (Å²) >= 11 is 0. The normalized spacial score (nSPS) is 26.7. The van der Waals surface area contributed by atoms with Gasteiger partial charge in [0.05, 0.1) is 18.1 Å². The van der Waals surface area contributed by atoms with Crippen molar-refractivity contribution in [2.24, 2.45) is 5.92 Å². The highest BCUT2D eigenvalue weighted by Gasteiger charge is 2.44. The second-order valence-electron chi connectivity index (χ2n) is 6.28. The first-order valence-electron chi connectivity index (χ1n) is 8.08. The molecule has 0 unspecified atom stereocenters. The molecule has 1 saturated heterocycles. The van der Waals surface area contributed by atoms with E-state index in [2.05, 4.69) is 13.2 Å². The molecule has 1 aliphatic carbocycles. The molecule has 0 radical (unpaired) electrons. The lowest BCUT2D eigenvalue weighted by Gasteiger charge is -2.26. The number of hydrogen-bond donors (Lipinski definition) is 1. The van der Waals surface area contributed by atoms with Crippen LogP contribution in [-0.4, -0.2) is 42.1 Å². The Morgan fingerprint density at radius 1 is 1.52 bits per heavy atom. The fourth-order valence-electron chi connectivity index (χ4n) is 2.99. The summed E-state index contributed by atoms with van der Waals surface area (Å²) in [5.41, 5.74) is 1.58. The number of allylic oxidation sites excluding steroid dienone is 2. The molecule has 0 aromatic carbocycles. The largest absolute Gasteiger partial charge is 0.458 e. The van der Waals surface area contributed by atoms with Crippen LogP contribution in [0.4, 0.5) is 0 Å². The van der Waals surface area contributed by atoms with Gasteiger partial charge in [0.15, 0.2) is 0 Å². The third-order valence-corrected chi connectivity index (χ3v) is 4.38. The van der Waals surface area contributed by atoms with Gasteiger partial charge in [0, 0.05) is 12.0 Å². The third-order valence-electron chi connectivity index (χ3n) is 4.38. The zero-order valence-electron chi connectivity index (χ0n) is 14.2. The molecule has 1 N–H and O–H groups in total. The van der Waals surface area contributed by atoms with E-state index in [0.29, 0.717) is 31.1 Å². The van der Waals surface area contributed by atoms with Gasteiger partial charge in [-0.15, -0.1) is 0 Å². The molecule has 0 bridgehead atoms. The highest BCUT2D eigenvalue weighted by atomic mass is 16.6. The monoisotopic (exact) mass is 346 g/mol. The molecule has 25 heavy (non-hydrogen) atoms. The first kappa shape index (κ1) is 18.9. The van der Waals surface area contributed by atoms with Gasteiger partial charge in [-0.2, -0.15) is 0 Å². The molecule has 1 fully saturated rings. The number of hydrogen-bond acceptors (Lipinski definition) is 6. The Hall–Kier alpha value is -2.47. The average molecular weight is 346 g/mol. The molecular formula is C19H22O6. The van der Waals surface area contributed by atoms with E-state index in [1.54, 1.807) is 0 Å². The van der Waals surface area contributed by atoms with Gasteiger partial charge in [-0.3, -0.25) is 4.79 Å². The summed E-state index contributed by atoms with van der Waals surface area (Å²) in [6.07, 6.45) is 4.47. The standard InChI is InChI=1S/C19H22O6/c1-11-5-4-6-14(10-21)8-16(24-18(22)12(2)9-20)17-13(3)19(23)25-15(17)7-11/h5,8,10,15-17,20H,2-4,6-7,9H2,1H3/t15-,16+,17+/m1/s1. The van der Waals surface area contributed by atoms with Crippen molar-refractivity contribution in [3.8, 4) is 0 Å². The molecular weight excluding hydrogens is 324 g/mol. The van der Waals surface area contributed by atoms with Crippen LogP contribution < -0.4 is 0 Å². The molecule has 6 heteroatoms. The third kappa shape index (κ3) is 4.33. The van der Waals surface area contributed by atoms with Crippen LogP contribution in [0, 0.1) is 5.92 Å². The minimum Gasteiger partial charge on any atom is -0.458 e. The van der Waals surface area contributed by atoms with Gasteiger partial charge in [-0.05, 0) is 31.4 Å². The van der Waals surface area contributed by atoms with E-state index in [4.69, 9.17) is 14.6 Å². The van der Waals surface area contributed by atoms with Gasteiger partial charge in [0.2, 0.25) is 0 Å². The summed E-state index contributed by atoms with van der Waals surface area (Å²) in [6.45, 7) is 8.59. The van der Waals surface area contributed by atoms with Gasteiger partial charge in [0.25, 0.3) is 0 Å². The molecule has 3 atom stereocenters. The molecule has 1 aliphatic heterocycles. The highest BCUT2D eigenvalue weighted by molar-refractivity contribution is 5.92. The second-order valence-corrected chi connectivity index (χ2v) is 6.28. The first-order valence-corrected chi connectivity index (χ1v) is 8.08. The van der Waals surface area contributed by atoms with Crippen molar-refractivity contribution in [1.82, 2.24) is 0 Å². The molecule has 0 spiro atoms. The fraction of sp³-hybridized carbons (Fsp3) is 0.421. The molecule has 2 rings (SSSR count). The molecule has 1 heterocycles. The van der Waals surface area contributed by atoms with E-state index >= 15 is 0 Å². The summed E-state index contributed by atoms with van der Waals surface area (Å²) in [6, 6.07) is 0. The topological polar surface area (TPSA) is 89.9 Å². The van der Waals surface area contributed by atoms with Gasteiger partial charge < -0.3 is 14.6 Å². The van der Waals surface area contributed by atoms with Crippen LogP contribution in [0.15, 0.2) is 47.6 Å². The Labute approximate surface area is 146 Å². The summed E-state index contributed by atoms with van der Waals surface area (Å²) in [5, 5.41) is 9.06. The molecule has 0 aromatic rings. The van der Waals surface area contributed by atoms with E-state index in [-0.39, 0.29) is 11.1 Å². The van der Waals surface area contributed by atoms with Crippen molar-refractivity contribution in [2.45, 2.75) is 38.4 Å². The van der Waals surface area contributed by atoms with Crippen molar-refractivity contribution < 1.29 is 29.0 Å². The maximum Gasteiger partial charge on any atom is 0.336 e. The number of aliphatic hydroxyl groups is 1. The summed E-state index contributed by atoms with van der Waals surface area (Å²) in [7, 11) is 0. The first-order chi connectivity index (χ1) is 11.9. The van der Waals surface area contributed by atoms with Crippen molar-refractivity contribution >= 4 is 18.2 Å². The zero-order chi connectivity index (χ0) is 18.6. The lowest BCUT2D eigenvalue weighted by molar-refractivity contribution is -0.145. The van der Waals surface area contributed by atoms with Gasteiger partial charge in [-0.1, -0.05) is 24.8 Å². The second kappa shape index (κ2) is 8.07. The maximum atomic E-state index is 12.1. The molecule has 6 nitrogen and oxygen atoms in total. The number of ether oxygens (including phenoxy) is 2. The van der Waals surface area contributed by atoms with Crippen LogP contribution in [0.2, 0.25) is 0 Å². The SMILES string of the molecule is C=C(CO)C(=O)O[C@H]1C=C(C=O)CCC=C(C)C[C@H]2OC(=O)C(=C)[C@H]12. The Bertz CT molecular complexity index is 669. The number of carbonyl (C=O) groups excluding carboxylic acids is 3. The van der Waals surface area contributed by atoms with E-state index in [1.807, 2.05) is 13.0 Å². The number of aldehydes is 1. The quantitative estimate of drug-likeness (QED) is 0.361. The van der Waals surface area contributed by atoms with Crippen molar-refractivity contribution in [1.29, 1.82) is 0 Å². The number of esters is 2. The summed E-state index contributed by atoms with van der Waals surface area (Å²) in [4.78, 5) is 35.4. The molecule has 0 amide bonds. The smallest absolute Gasteiger partial charge is 0.336 e. The van der Waals surface area contributed by atoms with Crippen molar-refractivity contribution in [3.63, 3.8) is 0 Å². The molecule has 0 aromatic heterocycles. The molecule has 134 valence electrons.